The van der Waals surface area contributed by atoms with E-state index in [2.05, 4.69) is 0 Å². The van der Waals surface area contributed by atoms with Gasteiger partial charge in [-0.25, -0.2) is 0 Å². The van der Waals surface area contributed by atoms with Crippen molar-refractivity contribution in [1.29, 1.82) is 0 Å². The van der Waals surface area contributed by atoms with E-state index < -0.39 is 21.4 Å². The fourth-order valence-electron chi connectivity index (χ4n) is 3.13. The Balaban J connectivity index is 1.64. The highest BCUT2D eigenvalue weighted by Gasteiger charge is 2.43. The summed E-state index contributed by atoms with van der Waals surface area (Å²) in [7, 11) is -0.491. The third-order valence-corrected chi connectivity index (χ3v) is 4.82. The van der Waals surface area contributed by atoms with Crippen LogP contribution in [0.2, 0.25) is 0 Å². The number of rotatable bonds is 6. The van der Waals surface area contributed by atoms with Crippen LogP contribution in [-0.2, 0) is 13.7 Å². The second-order valence-corrected chi connectivity index (χ2v) is 6.75. The lowest BCUT2D eigenvalue weighted by Crippen LogP contribution is -2.61. The van der Waals surface area contributed by atoms with Gasteiger partial charge < -0.3 is 18.5 Å². The first-order chi connectivity index (χ1) is 14.7. The van der Waals surface area contributed by atoms with Crippen molar-refractivity contribution in [2.24, 2.45) is 0 Å². The van der Waals surface area contributed by atoms with E-state index in [1.54, 1.807) is 55.6 Å². The van der Waals surface area contributed by atoms with E-state index in [9.17, 15) is 9.59 Å². The summed E-state index contributed by atoms with van der Waals surface area (Å²) in [5, 5.41) is 0. The monoisotopic (exact) mass is 398 g/mol. The first kappa shape index (κ1) is 20.2. The highest BCUT2D eigenvalue weighted by Crippen LogP contribution is 2.13. The predicted molar refractivity (Wildman–Crippen MR) is 116 cm³/mol. The van der Waals surface area contributed by atoms with Crippen LogP contribution in [0.3, 0.4) is 0 Å². The van der Waals surface area contributed by atoms with E-state index in [0.717, 1.165) is 34.7 Å². The average Bonchev–Trinajstić information content (AvgIpc) is 2.84. The van der Waals surface area contributed by atoms with Crippen LogP contribution in [0.4, 0.5) is 0 Å². The van der Waals surface area contributed by atoms with Crippen LogP contribution in [0.15, 0.2) is 72.8 Å². The molecule has 3 aromatic carbocycles. The minimum Gasteiger partial charge on any atom is -0.497 e. The summed E-state index contributed by atoms with van der Waals surface area (Å²) >= 11 is 0. The molecule has 3 aromatic rings. The van der Waals surface area contributed by atoms with Crippen molar-refractivity contribution in [3.8, 4) is 5.75 Å². The molecule has 0 aliphatic carbocycles. The molecule has 0 aromatic heterocycles. The van der Waals surface area contributed by atoms with Crippen LogP contribution in [0.25, 0.3) is 0 Å². The highest BCUT2D eigenvalue weighted by molar-refractivity contribution is 6.87. The number of benzene rings is 3. The Morgan fingerprint density at radius 1 is 0.600 bits per heavy atom. The summed E-state index contributed by atoms with van der Waals surface area (Å²) < 4.78 is 23.4. The summed E-state index contributed by atoms with van der Waals surface area (Å²) in [6.07, 6.45) is 1.57. The number of hydrogen-bond acceptors (Lipinski definition) is 6. The number of carbonyl (C=O) groups is 2. The van der Waals surface area contributed by atoms with E-state index in [4.69, 9.17) is 18.5 Å². The summed E-state index contributed by atoms with van der Waals surface area (Å²) in [5.41, 5.74) is 3.47. The van der Waals surface area contributed by atoms with Crippen LogP contribution in [-0.4, -0.2) is 41.0 Å². The molecule has 1 fully saturated rings. The zero-order chi connectivity index (χ0) is 20.9. The van der Waals surface area contributed by atoms with Crippen LogP contribution in [0, 0.1) is 0 Å². The van der Waals surface area contributed by atoms with E-state index in [1.165, 1.54) is 0 Å². The van der Waals surface area contributed by atoms with Gasteiger partial charge in [-0.15, -0.1) is 0 Å². The molecule has 0 radical (unpaired) electrons. The standard InChI is InChI=1S/C21H17B3O6/c1-27-21-12-10-20(11-13-21)24-29-22(18-6-2-16(14-25)3-7-18)28-23(30-24)19-8-4-17(15-26)5-9-19/h2-15H,1H3. The fourth-order valence-corrected chi connectivity index (χ4v) is 3.13. The van der Waals surface area contributed by atoms with Gasteiger partial charge in [-0.2, -0.15) is 0 Å². The zero-order valence-electron chi connectivity index (χ0n) is 16.3. The predicted octanol–water partition coefficient (Wildman–Crippen LogP) is 0.870. The summed E-state index contributed by atoms with van der Waals surface area (Å²) in [5.74, 6) is 0.729. The molecule has 0 unspecified atom stereocenters. The molecule has 0 N–H and O–H groups in total. The minimum atomic E-state index is -0.706. The molecule has 146 valence electrons. The summed E-state index contributed by atoms with van der Waals surface area (Å²) in [6, 6.07) is 21.4. The smallest absolute Gasteiger partial charge is 0.467 e. The largest absolute Gasteiger partial charge is 0.497 e. The molecule has 0 saturated carbocycles. The number of aldehydes is 2. The van der Waals surface area contributed by atoms with Crippen LogP contribution in [0.5, 0.6) is 5.75 Å². The van der Waals surface area contributed by atoms with Crippen LogP contribution < -0.4 is 21.1 Å². The molecule has 1 saturated heterocycles. The number of carbonyl (C=O) groups excluding carboxylic acids is 2. The molecule has 9 heteroatoms. The first-order valence-electron chi connectivity index (χ1n) is 9.41. The number of methoxy groups -OCH3 is 1. The molecule has 0 amide bonds. The van der Waals surface area contributed by atoms with E-state index >= 15 is 0 Å². The quantitative estimate of drug-likeness (QED) is 0.454. The molecule has 6 nitrogen and oxygen atoms in total. The lowest BCUT2D eigenvalue weighted by molar-refractivity contribution is 0.111. The molecule has 1 aliphatic heterocycles. The van der Waals surface area contributed by atoms with Gasteiger partial charge in [0.1, 0.15) is 18.3 Å². The molecule has 0 spiro atoms. The maximum Gasteiger partial charge on any atom is 0.467 e. The molecule has 0 atom stereocenters. The van der Waals surface area contributed by atoms with E-state index in [-0.39, 0.29) is 0 Å². The van der Waals surface area contributed by atoms with Crippen molar-refractivity contribution < 1.29 is 28.0 Å². The van der Waals surface area contributed by atoms with Crippen LogP contribution >= 0.6 is 0 Å². The van der Waals surface area contributed by atoms with Crippen molar-refractivity contribution in [3.05, 3.63) is 83.9 Å². The third-order valence-electron chi connectivity index (χ3n) is 4.82. The Morgan fingerprint density at radius 3 is 1.23 bits per heavy atom. The topological polar surface area (TPSA) is 71.1 Å². The van der Waals surface area contributed by atoms with E-state index in [1.807, 2.05) is 24.3 Å². The Hall–Kier alpha value is -3.13. The van der Waals surface area contributed by atoms with Gasteiger partial charge in [-0.3, -0.25) is 9.59 Å². The second kappa shape index (κ2) is 9.13. The van der Waals surface area contributed by atoms with Gasteiger partial charge in [0.2, 0.25) is 0 Å². The number of hydrogen-bond donors (Lipinski definition) is 0. The Labute approximate surface area is 175 Å². The Kier molecular flexibility index (Phi) is 6.14. The minimum absolute atomic E-state index is 0.568. The van der Waals surface area contributed by atoms with Gasteiger partial charge in [0, 0.05) is 11.1 Å². The van der Waals surface area contributed by atoms with Crippen molar-refractivity contribution >= 4 is 50.3 Å². The van der Waals surface area contributed by atoms with Gasteiger partial charge in [0.15, 0.2) is 0 Å². The molecule has 30 heavy (non-hydrogen) atoms. The molecule has 1 heterocycles. The zero-order valence-corrected chi connectivity index (χ0v) is 16.3. The molecule has 0 bridgehead atoms. The first-order valence-corrected chi connectivity index (χ1v) is 9.41. The molecule has 4 rings (SSSR count). The van der Waals surface area contributed by atoms with Gasteiger partial charge in [0.25, 0.3) is 0 Å². The summed E-state index contributed by atoms with van der Waals surface area (Å²) in [6.45, 7) is 0. The summed E-state index contributed by atoms with van der Waals surface area (Å²) in [4.78, 5) is 21.9. The van der Waals surface area contributed by atoms with Gasteiger partial charge in [-0.05, 0) is 28.5 Å². The van der Waals surface area contributed by atoms with Crippen molar-refractivity contribution in [3.63, 3.8) is 0 Å². The second-order valence-electron chi connectivity index (χ2n) is 6.75. The molecule has 1 aliphatic rings. The Bertz CT molecular complexity index is 949. The Morgan fingerprint density at radius 2 is 0.933 bits per heavy atom. The van der Waals surface area contributed by atoms with Crippen LogP contribution in [0.1, 0.15) is 20.7 Å². The lowest BCUT2D eigenvalue weighted by atomic mass is 9.61. The fraction of sp³-hybridized carbons (Fsp3) is 0.0476. The molecular weight excluding hydrogens is 381 g/mol. The highest BCUT2D eigenvalue weighted by atomic mass is 16.7. The normalized spacial score (nSPS) is 13.8. The van der Waals surface area contributed by atoms with Crippen molar-refractivity contribution in [2.75, 3.05) is 7.11 Å². The maximum absolute atomic E-state index is 11.0. The van der Waals surface area contributed by atoms with Gasteiger partial charge in [-0.1, -0.05) is 60.7 Å². The third kappa shape index (κ3) is 4.38. The number of ether oxygens (including phenoxy) is 1. The van der Waals surface area contributed by atoms with Gasteiger partial charge in [0.05, 0.1) is 7.11 Å². The lowest BCUT2D eigenvalue weighted by Gasteiger charge is -2.31. The SMILES string of the molecule is COc1ccc(B2OB(c3ccc(C=O)cc3)OB(c3ccc(C=O)cc3)O2)cc1. The average molecular weight is 398 g/mol. The maximum atomic E-state index is 11.0. The van der Waals surface area contributed by atoms with Crippen molar-refractivity contribution in [1.82, 2.24) is 0 Å². The van der Waals surface area contributed by atoms with Gasteiger partial charge >= 0.3 is 21.4 Å². The molecular formula is C21H17B3O6. The van der Waals surface area contributed by atoms with Crippen molar-refractivity contribution in [2.45, 2.75) is 0 Å². The van der Waals surface area contributed by atoms with E-state index in [0.29, 0.717) is 11.1 Å².